The van der Waals surface area contributed by atoms with Crippen LogP contribution >= 0.6 is 0 Å². The first-order valence-electron chi connectivity index (χ1n) is 9.56. The van der Waals surface area contributed by atoms with Gasteiger partial charge in [-0.15, -0.1) is 0 Å². The number of hydrogen-bond acceptors (Lipinski definition) is 5. The van der Waals surface area contributed by atoms with Gasteiger partial charge < -0.3 is 20.3 Å². The van der Waals surface area contributed by atoms with Crippen molar-refractivity contribution in [3.05, 3.63) is 66.2 Å². The SMILES string of the molecule is CN(C(=O)OC/C=C\c1cccc(OC(CC(C)(C)N)C(=O)O)c1)c1ccccc1. The van der Waals surface area contributed by atoms with Crippen LogP contribution in [0.5, 0.6) is 5.75 Å². The van der Waals surface area contributed by atoms with E-state index in [0.29, 0.717) is 5.75 Å². The molecule has 0 heterocycles. The summed E-state index contributed by atoms with van der Waals surface area (Å²) in [5.74, 6) is -0.640. The van der Waals surface area contributed by atoms with Crippen molar-refractivity contribution in [2.45, 2.75) is 31.9 Å². The molecule has 1 unspecified atom stereocenters. The van der Waals surface area contributed by atoms with Gasteiger partial charge >= 0.3 is 12.1 Å². The van der Waals surface area contributed by atoms with Crippen LogP contribution in [0, 0.1) is 0 Å². The molecule has 0 saturated heterocycles. The van der Waals surface area contributed by atoms with Crippen LogP contribution in [0.3, 0.4) is 0 Å². The molecule has 0 radical (unpaired) electrons. The molecule has 3 N–H and O–H groups in total. The number of carboxylic acids is 1. The summed E-state index contributed by atoms with van der Waals surface area (Å²) in [4.78, 5) is 25.0. The van der Waals surface area contributed by atoms with E-state index in [-0.39, 0.29) is 13.0 Å². The predicted octanol–water partition coefficient (Wildman–Crippen LogP) is 3.93. The van der Waals surface area contributed by atoms with Gasteiger partial charge in [-0.2, -0.15) is 0 Å². The number of aliphatic carboxylic acids is 1. The summed E-state index contributed by atoms with van der Waals surface area (Å²) >= 11 is 0. The van der Waals surface area contributed by atoms with Crippen LogP contribution in [0.1, 0.15) is 25.8 Å². The van der Waals surface area contributed by atoms with Gasteiger partial charge in [0.15, 0.2) is 6.10 Å². The topological polar surface area (TPSA) is 102 Å². The van der Waals surface area contributed by atoms with Crippen molar-refractivity contribution in [3.8, 4) is 5.75 Å². The number of rotatable bonds is 9. The van der Waals surface area contributed by atoms with E-state index < -0.39 is 23.7 Å². The summed E-state index contributed by atoms with van der Waals surface area (Å²) in [5.41, 5.74) is 6.78. The fraction of sp³-hybridized carbons (Fsp3) is 0.304. The normalized spacial score (nSPS) is 12.4. The minimum Gasteiger partial charge on any atom is -0.479 e. The molecule has 2 aromatic carbocycles. The number of anilines is 1. The number of carbonyl (C=O) groups is 2. The number of nitrogens with zero attached hydrogens (tertiary/aromatic N) is 1. The van der Waals surface area contributed by atoms with Gasteiger partial charge in [0, 0.05) is 24.7 Å². The van der Waals surface area contributed by atoms with Gasteiger partial charge in [-0.25, -0.2) is 9.59 Å². The molecule has 0 aliphatic heterocycles. The number of amides is 1. The maximum atomic E-state index is 12.1. The average molecular weight is 412 g/mol. The highest BCUT2D eigenvalue weighted by molar-refractivity contribution is 5.86. The lowest BCUT2D eigenvalue weighted by Gasteiger charge is -2.24. The van der Waals surface area contributed by atoms with Gasteiger partial charge in [0.1, 0.15) is 12.4 Å². The Hall–Kier alpha value is -3.32. The first kappa shape index (κ1) is 23.0. The van der Waals surface area contributed by atoms with Crippen LogP contribution in [-0.2, 0) is 9.53 Å². The molecule has 7 nitrogen and oxygen atoms in total. The number of para-hydroxylation sites is 1. The Labute approximate surface area is 176 Å². The van der Waals surface area contributed by atoms with Gasteiger partial charge in [-0.3, -0.25) is 4.90 Å². The van der Waals surface area contributed by atoms with Crippen LogP contribution < -0.4 is 15.4 Å². The fourth-order valence-corrected chi connectivity index (χ4v) is 2.67. The number of carbonyl (C=O) groups excluding carboxylic acids is 1. The van der Waals surface area contributed by atoms with E-state index in [2.05, 4.69) is 0 Å². The van der Waals surface area contributed by atoms with E-state index in [9.17, 15) is 14.7 Å². The van der Waals surface area contributed by atoms with E-state index in [1.807, 2.05) is 36.4 Å². The Kier molecular flexibility index (Phi) is 8.00. The molecule has 30 heavy (non-hydrogen) atoms. The van der Waals surface area contributed by atoms with Crippen LogP contribution in [-0.4, -0.2) is 42.5 Å². The number of ether oxygens (including phenoxy) is 2. The third kappa shape index (κ3) is 7.60. The van der Waals surface area contributed by atoms with E-state index in [1.165, 1.54) is 4.90 Å². The monoisotopic (exact) mass is 412 g/mol. The molecule has 1 atom stereocenters. The summed E-state index contributed by atoms with van der Waals surface area (Å²) in [6.45, 7) is 3.60. The molecular weight excluding hydrogens is 384 g/mol. The van der Waals surface area contributed by atoms with Crippen molar-refractivity contribution < 1.29 is 24.2 Å². The van der Waals surface area contributed by atoms with Crippen molar-refractivity contribution in [2.24, 2.45) is 5.73 Å². The third-order valence-corrected chi connectivity index (χ3v) is 4.15. The van der Waals surface area contributed by atoms with Crippen LogP contribution in [0.2, 0.25) is 0 Å². The van der Waals surface area contributed by atoms with Gasteiger partial charge in [0.25, 0.3) is 0 Å². The zero-order chi connectivity index (χ0) is 22.1. The number of benzene rings is 2. The zero-order valence-corrected chi connectivity index (χ0v) is 17.4. The smallest absolute Gasteiger partial charge is 0.414 e. The lowest BCUT2D eigenvalue weighted by Crippen LogP contribution is -2.41. The minimum atomic E-state index is -1.07. The predicted molar refractivity (Wildman–Crippen MR) is 117 cm³/mol. The van der Waals surface area contributed by atoms with Gasteiger partial charge in [0.05, 0.1) is 0 Å². The summed E-state index contributed by atoms with van der Waals surface area (Å²) in [6.07, 6.45) is 2.14. The summed E-state index contributed by atoms with van der Waals surface area (Å²) < 4.78 is 10.9. The first-order chi connectivity index (χ1) is 14.2. The van der Waals surface area contributed by atoms with Gasteiger partial charge in [-0.05, 0) is 49.8 Å². The Morgan fingerprint density at radius 2 is 1.87 bits per heavy atom. The first-order valence-corrected chi connectivity index (χ1v) is 9.56. The largest absolute Gasteiger partial charge is 0.479 e. The van der Waals surface area contributed by atoms with Gasteiger partial charge in [-0.1, -0.05) is 36.4 Å². The fourth-order valence-electron chi connectivity index (χ4n) is 2.67. The second-order valence-electron chi connectivity index (χ2n) is 7.58. The van der Waals surface area contributed by atoms with E-state index >= 15 is 0 Å². The molecule has 2 rings (SSSR count). The molecule has 0 bridgehead atoms. The number of hydrogen-bond donors (Lipinski definition) is 2. The lowest BCUT2D eigenvalue weighted by atomic mass is 9.98. The molecule has 7 heteroatoms. The van der Waals surface area contributed by atoms with Crippen molar-refractivity contribution in [3.63, 3.8) is 0 Å². The Morgan fingerprint density at radius 1 is 1.17 bits per heavy atom. The Balaban J connectivity index is 1.92. The number of nitrogens with two attached hydrogens (primary N) is 1. The number of carboxylic acid groups (broad SMARTS) is 1. The zero-order valence-electron chi connectivity index (χ0n) is 17.4. The maximum absolute atomic E-state index is 12.1. The lowest BCUT2D eigenvalue weighted by molar-refractivity contribution is -0.146. The van der Waals surface area contributed by atoms with Crippen LogP contribution in [0.25, 0.3) is 6.08 Å². The molecule has 1 amide bonds. The molecular formula is C23H28N2O5. The second kappa shape index (κ2) is 10.5. The Bertz CT molecular complexity index is 875. The van der Waals surface area contributed by atoms with Crippen molar-refractivity contribution in [2.75, 3.05) is 18.6 Å². The van der Waals surface area contributed by atoms with E-state index in [4.69, 9.17) is 15.2 Å². The second-order valence-corrected chi connectivity index (χ2v) is 7.58. The minimum absolute atomic E-state index is 0.0974. The molecule has 0 aliphatic carbocycles. The quantitative estimate of drug-likeness (QED) is 0.647. The average Bonchev–Trinajstić information content (AvgIpc) is 2.70. The Morgan fingerprint density at radius 3 is 2.50 bits per heavy atom. The van der Waals surface area contributed by atoms with Crippen LogP contribution in [0.15, 0.2) is 60.7 Å². The van der Waals surface area contributed by atoms with E-state index in [1.54, 1.807) is 51.2 Å². The summed E-state index contributed by atoms with van der Waals surface area (Å²) in [7, 11) is 1.64. The molecule has 0 aliphatic rings. The highest BCUT2D eigenvalue weighted by atomic mass is 16.6. The van der Waals surface area contributed by atoms with Crippen molar-refractivity contribution >= 4 is 23.8 Å². The molecule has 0 saturated carbocycles. The summed E-state index contributed by atoms with van der Waals surface area (Å²) in [5, 5.41) is 9.37. The molecule has 0 spiro atoms. The highest BCUT2D eigenvalue weighted by Crippen LogP contribution is 2.20. The third-order valence-electron chi connectivity index (χ3n) is 4.15. The standard InChI is InChI=1S/C23H28N2O5/c1-23(2,24)16-20(21(26)27)30-19-13-7-9-17(15-19)10-8-14-29-22(28)25(3)18-11-5-4-6-12-18/h4-13,15,20H,14,16,24H2,1-3H3,(H,26,27)/b10-8-. The van der Waals surface area contributed by atoms with Crippen molar-refractivity contribution in [1.82, 2.24) is 0 Å². The van der Waals surface area contributed by atoms with Crippen LogP contribution in [0.4, 0.5) is 10.5 Å². The van der Waals surface area contributed by atoms with E-state index in [0.717, 1.165) is 11.3 Å². The highest BCUT2D eigenvalue weighted by Gasteiger charge is 2.26. The maximum Gasteiger partial charge on any atom is 0.414 e. The molecule has 0 aromatic heterocycles. The van der Waals surface area contributed by atoms with Gasteiger partial charge in [0.2, 0.25) is 0 Å². The summed E-state index contributed by atoms with van der Waals surface area (Å²) in [6, 6.07) is 16.2. The molecule has 160 valence electrons. The molecule has 2 aromatic rings. The van der Waals surface area contributed by atoms with Crippen molar-refractivity contribution in [1.29, 1.82) is 0 Å². The molecule has 0 fully saturated rings.